The molecule has 3 aromatic heterocycles. The quantitative estimate of drug-likeness (QED) is 0.667. The summed E-state index contributed by atoms with van der Waals surface area (Å²) in [6.07, 6.45) is 9.96. The minimum absolute atomic E-state index is 0.0866. The van der Waals surface area contributed by atoms with E-state index in [9.17, 15) is 4.79 Å². The first-order valence-corrected chi connectivity index (χ1v) is 10.3. The maximum Gasteiger partial charge on any atom is 0.274 e. The highest BCUT2D eigenvalue weighted by Crippen LogP contribution is 2.35. The van der Waals surface area contributed by atoms with E-state index in [1.807, 2.05) is 11.1 Å². The van der Waals surface area contributed by atoms with Crippen LogP contribution in [0.5, 0.6) is 0 Å². The highest BCUT2D eigenvalue weighted by Gasteiger charge is 2.31. The molecule has 0 saturated heterocycles. The van der Waals surface area contributed by atoms with Crippen molar-refractivity contribution in [3.05, 3.63) is 47.4 Å². The number of hydrogen-bond donors (Lipinski definition) is 0. The molecule has 0 aromatic carbocycles. The fourth-order valence-corrected chi connectivity index (χ4v) is 4.12. The van der Waals surface area contributed by atoms with Crippen molar-refractivity contribution in [3.8, 4) is 11.5 Å². The number of rotatable bonds is 5. The Morgan fingerprint density at radius 2 is 2.07 bits per heavy atom. The number of imidazole rings is 1. The Morgan fingerprint density at radius 1 is 1.21 bits per heavy atom. The molecule has 1 fully saturated rings. The maximum atomic E-state index is 12.9. The molecule has 0 spiro atoms. The first-order valence-electron chi connectivity index (χ1n) is 10.3. The minimum Gasteiger partial charge on any atom is -0.332 e. The molecule has 3 aromatic rings. The smallest absolute Gasteiger partial charge is 0.274 e. The molecule has 1 saturated carbocycles. The molecule has 1 aliphatic heterocycles. The van der Waals surface area contributed by atoms with Gasteiger partial charge in [0.25, 0.3) is 5.91 Å². The Morgan fingerprint density at radius 3 is 2.79 bits per heavy atom. The van der Waals surface area contributed by atoms with Gasteiger partial charge in [0, 0.05) is 61.6 Å². The molecule has 8 nitrogen and oxygen atoms in total. The second-order valence-electron chi connectivity index (χ2n) is 7.93. The number of hydrogen-bond acceptors (Lipinski definition) is 5. The zero-order valence-electron chi connectivity index (χ0n) is 16.9. The van der Waals surface area contributed by atoms with Crippen LogP contribution >= 0.6 is 0 Å². The molecule has 4 heterocycles. The molecule has 0 bridgehead atoms. The molecule has 0 unspecified atom stereocenters. The summed E-state index contributed by atoms with van der Waals surface area (Å²) in [6.45, 7) is 7.19. The Labute approximate surface area is 169 Å². The summed E-state index contributed by atoms with van der Waals surface area (Å²) < 4.78 is 4.37. The summed E-state index contributed by atoms with van der Waals surface area (Å²) >= 11 is 0. The van der Waals surface area contributed by atoms with E-state index in [1.54, 1.807) is 12.4 Å². The largest absolute Gasteiger partial charge is 0.332 e. The number of amides is 1. The van der Waals surface area contributed by atoms with Crippen LogP contribution in [0.15, 0.2) is 24.8 Å². The summed E-state index contributed by atoms with van der Waals surface area (Å²) in [4.78, 5) is 27.7. The van der Waals surface area contributed by atoms with Gasteiger partial charge < -0.3 is 9.47 Å². The third kappa shape index (κ3) is 3.22. The van der Waals surface area contributed by atoms with Gasteiger partial charge in [-0.05, 0) is 32.6 Å². The molecular formula is C21H25N7O. The lowest BCUT2D eigenvalue weighted by Gasteiger charge is -2.27. The standard InChI is InChI=1S/C21H25N7O/c1-3-28-18-6-9-26(21(29)17-11-22-7-8-23-17)13-16(18)19(25-28)20-24-10-14(2)27(20)12-15-4-5-15/h7-8,10-11,15H,3-6,9,12-13H2,1-2H3. The van der Waals surface area contributed by atoms with Crippen LogP contribution in [0.1, 0.15) is 47.2 Å². The minimum atomic E-state index is -0.0866. The van der Waals surface area contributed by atoms with E-state index in [2.05, 4.69) is 33.1 Å². The monoisotopic (exact) mass is 391 g/mol. The van der Waals surface area contributed by atoms with E-state index in [4.69, 9.17) is 10.1 Å². The molecular weight excluding hydrogens is 366 g/mol. The first kappa shape index (κ1) is 18.0. The van der Waals surface area contributed by atoms with Gasteiger partial charge in [-0.25, -0.2) is 9.97 Å². The first-order chi connectivity index (χ1) is 14.2. The van der Waals surface area contributed by atoms with Crippen molar-refractivity contribution in [2.24, 2.45) is 5.92 Å². The van der Waals surface area contributed by atoms with Gasteiger partial charge in [-0.3, -0.25) is 14.5 Å². The zero-order chi connectivity index (χ0) is 20.0. The van der Waals surface area contributed by atoms with E-state index in [0.717, 1.165) is 48.2 Å². The lowest BCUT2D eigenvalue weighted by Crippen LogP contribution is -2.37. The van der Waals surface area contributed by atoms with E-state index < -0.39 is 0 Å². The van der Waals surface area contributed by atoms with Crippen molar-refractivity contribution in [2.45, 2.75) is 52.7 Å². The number of fused-ring (bicyclic) bond motifs is 1. The van der Waals surface area contributed by atoms with Gasteiger partial charge in [0.2, 0.25) is 0 Å². The van der Waals surface area contributed by atoms with Gasteiger partial charge in [0.05, 0.1) is 12.7 Å². The fourth-order valence-electron chi connectivity index (χ4n) is 4.12. The number of aryl methyl sites for hydroxylation is 2. The van der Waals surface area contributed by atoms with Crippen LogP contribution in [0.4, 0.5) is 0 Å². The second kappa shape index (κ2) is 7.09. The van der Waals surface area contributed by atoms with Crippen molar-refractivity contribution in [3.63, 3.8) is 0 Å². The molecule has 5 rings (SSSR count). The van der Waals surface area contributed by atoms with E-state index in [0.29, 0.717) is 18.8 Å². The zero-order valence-corrected chi connectivity index (χ0v) is 16.9. The third-order valence-corrected chi connectivity index (χ3v) is 5.91. The fraction of sp³-hybridized carbons (Fsp3) is 0.476. The third-order valence-electron chi connectivity index (χ3n) is 5.91. The van der Waals surface area contributed by atoms with E-state index in [1.165, 1.54) is 24.7 Å². The molecule has 0 radical (unpaired) electrons. The van der Waals surface area contributed by atoms with Crippen molar-refractivity contribution in [1.29, 1.82) is 0 Å². The van der Waals surface area contributed by atoms with Crippen LogP contribution < -0.4 is 0 Å². The average molecular weight is 391 g/mol. The van der Waals surface area contributed by atoms with Gasteiger partial charge in [-0.2, -0.15) is 5.10 Å². The number of nitrogens with zero attached hydrogens (tertiary/aromatic N) is 7. The predicted octanol–water partition coefficient (Wildman–Crippen LogP) is 2.47. The van der Waals surface area contributed by atoms with Crippen LogP contribution in [0, 0.1) is 12.8 Å². The lowest BCUT2D eigenvalue weighted by molar-refractivity contribution is 0.0727. The highest BCUT2D eigenvalue weighted by molar-refractivity contribution is 5.92. The predicted molar refractivity (Wildman–Crippen MR) is 107 cm³/mol. The Bertz CT molecular complexity index is 1050. The summed E-state index contributed by atoms with van der Waals surface area (Å²) in [5.74, 6) is 1.59. The molecule has 29 heavy (non-hydrogen) atoms. The molecule has 0 N–H and O–H groups in total. The Kier molecular flexibility index (Phi) is 4.41. The molecule has 1 aliphatic carbocycles. The van der Waals surface area contributed by atoms with Crippen LogP contribution in [0.25, 0.3) is 11.5 Å². The molecule has 2 aliphatic rings. The van der Waals surface area contributed by atoms with Crippen molar-refractivity contribution >= 4 is 5.91 Å². The molecule has 0 atom stereocenters. The second-order valence-corrected chi connectivity index (χ2v) is 7.93. The highest BCUT2D eigenvalue weighted by atomic mass is 16.2. The van der Waals surface area contributed by atoms with E-state index in [-0.39, 0.29) is 5.91 Å². The SMILES string of the molecule is CCn1nc(-c2ncc(C)n2CC2CC2)c2c1CCN(C(=O)c1cnccn1)C2. The summed E-state index contributed by atoms with van der Waals surface area (Å²) in [5, 5.41) is 4.92. The molecule has 150 valence electrons. The van der Waals surface area contributed by atoms with Gasteiger partial charge in [-0.15, -0.1) is 0 Å². The van der Waals surface area contributed by atoms with Gasteiger partial charge in [-0.1, -0.05) is 0 Å². The normalized spacial score (nSPS) is 16.1. The Hall–Kier alpha value is -3.03. The topological polar surface area (TPSA) is 81.7 Å². The maximum absolute atomic E-state index is 12.9. The lowest BCUT2D eigenvalue weighted by atomic mass is 10.0. The van der Waals surface area contributed by atoms with Crippen LogP contribution in [0.3, 0.4) is 0 Å². The summed E-state index contributed by atoms with van der Waals surface area (Å²) in [5.41, 5.74) is 4.77. The molecule has 1 amide bonds. The van der Waals surface area contributed by atoms with Gasteiger partial charge in [0.1, 0.15) is 11.4 Å². The van der Waals surface area contributed by atoms with Gasteiger partial charge >= 0.3 is 0 Å². The number of carbonyl (C=O) groups is 1. The van der Waals surface area contributed by atoms with E-state index >= 15 is 0 Å². The number of carbonyl (C=O) groups excluding carboxylic acids is 1. The summed E-state index contributed by atoms with van der Waals surface area (Å²) in [7, 11) is 0. The van der Waals surface area contributed by atoms with Crippen LogP contribution in [-0.4, -0.2) is 46.7 Å². The van der Waals surface area contributed by atoms with Crippen LogP contribution in [0.2, 0.25) is 0 Å². The van der Waals surface area contributed by atoms with Crippen molar-refractivity contribution in [1.82, 2.24) is 34.2 Å². The van der Waals surface area contributed by atoms with Crippen molar-refractivity contribution in [2.75, 3.05) is 6.54 Å². The Balaban J connectivity index is 1.52. The summed E-state index contributed by atoms with van der Waals surface area (Å²) in [6, 6.07) is 0. The van der Waals surface area contributed by atoms with Crippen molar-refractivity contribution < 1.29 is 4.79 Å². The average Bonchev–Trinajstić information content (AvgIpc) is 3.41. The molecule has 8 heteroatoms. The van der Waals surface area contributed by atoms with Gasteiger partial charge in [0.15, 0.2) is 5.82 Å². The number of aromatic nitrogens is 6. The van der Waals surface area contributed by atoms with Crippen LogP contribution in [-0.2, 0) is 26.1 Å².